The van der Waals surface area contributed by atoms with Gasteiger partial charge < -0.3 is 10.1 Å². The quantitative estimate of drug-likeness (QED) is 0.444. The maximum atomic E-state index is 12.5. The molecule has 2 aromatic heterocycles. The van der Waals surface area contributed by atoms with E-state index < -0.39 is 0 Å². The van der Waals surface area contributed by atoms with Crippen molar-refractivity contribution >= 4 is 45.0 Å². The fourth-order valence-electron chi connectivity index (χ4n) is 3.69. The molecule has 0 spiro atoms. The maximum absolute atomic E-state index is 12.5. The molecule has 0 fully saturated rings. The molecular weight excluding hydrogens is 428 g/mol. The van der Waals surface area contributed by atoms with Crippen LogP contribution < -0.4 is 10.1 Å². The molecule has 5 rings (SSSR count). The number of nitrogens with one attached hydrogen (secondary N) is 1. The van der Waals surface area contributed by atoms with Crippen LogP contribution in [0.4, 0.5) is 5.82 Å². The second kappa shape index (κ2) is 8.36. The van der Waals surface area contributed by atoms with Crippen LogP contribution in [0.2, 0.25) is 0 Å². The average Bonchev–Trinajstić information content (AvgIpc) is 3.29. The molecule has 0 radical (unpaired) electrons. The van der Waals surface area contributed by atoms with Crippen LogP contribution in [-0.2, 0) is 4.79 Å². The van der Waals surface area contributed by atoms with Gasteiger partial charge in [0.2, 0.25) is 11.0 Å². The first-order valence-electron chi connectivity index (χ1n) is 10.2. The van der Waals surface area contributed by atoms with Gasteiger partial charge >= 0.3 is 0 Å². The predicted octanol–water partition coefficient (Wildman–Crippen LogP) is 5.35. The summed E-state index contributed by atoms with van der Waals surface area (Å²) < 4.78 is 8.60. The van der Waals surface area contributed by atoms with Crippen LogP contribution in [0.25, 0.3) is 15.3 Å². The largest absolute Gasteiger partial charge is 0.494 e. The highest BCUT2D eigenvalue weighted by molar-refractivity contribution is 8.00. The number of para-hydroxylation sites is 1. The van der Waals surface area contributed by atoms with Crippen molar-refractivity contribution in [2.75, 3.05) is 17.7 Å². The third kappa shape index (κ3) is 3.81. The zero-order valence-corrected chi connectivity index (χ0v) is 18.9. The minimum Gasteiger partial charge on any atom is -0.494 e. The Labute approximate surface area is 188 Å². The number of rotatable bonds is 5. The second-order valence-electron chi connectivity index (χ2n) is 7.38. The summed E-state index contributed by atoms with van der Waals surface area (Å²) in [5, 5.41) is 8.60. The molecule has 0 bridgehead atoms. The van der Waals surface area contributed by atoms with Gasteiger partial charge in [0.1, 0.15) is 11.6 Å². The lowest BCUT2D eigenvalue weighted by molar-refractivity contribution is -0.113. The Balaban J connectivity index is 1.58. The number of benzene rings is 2. The average molecular weight is 451 g/mol. The summed E-state index contributed by atoms with van der Waals surface area (Å²) in [7, 11) is 0. The van der Waals surface area contributed by atoms with Crippen LogP contribution in [0.15, 0.2) is 48.5 Å². The zero-order valence-electron chi connectivity index (χ0n) is 17.3. The minimum absolute atomic E-state index is 0.00250. The normalized spacial score (nSPS) is 16.1. The molecule has 4 aromatic rings. The van der Waals surface area contributed by atoms with E-state index in [4.69, 9.17) is 14.8 Å². The molecule has 1 aliphatic heterocycles. The molecule has 0 saturated heterocycles. The Kier molecular flexibility index (Phi) is 5.41. The summed E-state index contributed by atoms with van der Waals surface area (Å²) in [5.41, 5.74) is 3.97. The first-order chi connectivity index (χ1) is 15.1. The summed E-state index contributed by atoms with van der Waals surface area (Å²) in [6.45, 7) is 4.79. The second-order valence-corrected chi connectivity index (χ2v) is 9.48. The first-order valence-corrected chi connectivity index (χ1v) is 12.1. The van der Waals surface area contributed by atoms with Crippen molar-refractivity contribution in [1.29, 1.82) is 0 Å². The molecule has 1 N–H and O–H groups in total. The van der Waals surface area contributed by atoms with E-state index in [-0.39, 0.29) is 11.2 Å². The van der Waals surface area contributed by atoms with E-state index in [9.17, 15) is 4.79 Å². The summed E-state index contributed by atoms with van der Waals surface area (Å²) in [5.74, 6) is 1.93. The van der Waals surface area contributed by atoms with Gasteiger partial charge in [-0.05, 0) is 43.2 Å². The van der Waals surface area contributed by atoms with Gasteiger partial charge in [-0.1, -0.05) is 42.5 Å². The standard InChI is InChI=1S/C23H22N4O2S2/c1-3-12-29-16-10-8-15(9-11-16)21-20-14(2)26-27(22(20)25-19(28)13-30-21)23-24-17-6-4-5-7-18(17)31-23/h4-11,21H,3,12-13H2,1-2H3,(H,25,28). The highest BCUT2D eigenvalue weighted by Gasteiger charge is 2.31. The van der Waals surface area contributed by atoms with E-state index >= 15 is 0 Å². The molecule has 8 heteroatoms. The SMILES string of the molecule is CCCOc1ccc(C2SCC(=O)Nc3c2c(C)nn3-c2nc3ccccc3s2)cc1. The molecule has 158 valence electrons. The molecule has 1 amide bonds. The predicted molar refractivity (Wildman–Crippen MR) is 127 cm³/mol. The van der Waals surface area contributed by atoms with Crippen molar-refractivity contribution in [1.82, 2.24) is 14.8 Å². The first kappa shape index (κ1) is 20.1. The van der Waals surface area contributed by atoms with Gasteiger partial charge in [0.25, 0.3) is 0 Å². The third-order valence-corrected chi connectivity index (χ3v) is 7.41. The Morgan fingerprint density at radius 1 is 1.19 bits per heavy atom. The van der Waals surface area contributed by atoms with E-state index in [0.29, 0.717) is 18.2 Å². The topological polar surface area (TPSA) is 69.0 Å². The number of amides is 1. The highest BCUT2D eigenvalue weighted by Crippen LogP contribution is 2.44. The van der Waals surface area contributed by atoms with E-state index in [1.54, 1.807) is 27.8 Å². The van der Waals surface area contributed by atoms with Crippen molar-refractivity contribution in [3.8, 4) is 10.9 Å². The molecule has 1 unspecified atom stereocenters. The number of ether oxygens (including phenoxy) is 1. The highest BCUT2D eigenvalue weighted by atomic mass is 32.2. The number of thiazole rings is 1. The summed E-state index contributed by atoms with van der Waals surface area (Å²) in [4.78, 5) is 17.3. The molecule has 1 atom stereocenters. The molecule has 0 saturated carbocycles. The van der Waals surface area contributed by atoms with Crippen molar-refractivity contribution in [2.24, 2.45) is 0 Å². The smallest absolute Gasteiger partial charge is 0.235 e. The van der Waals surface area contributed by atoms with E-state index in [0.717, 1.165) is 44.3 Å². The Morgan fingerprint density at radius 3 is 2.77 bits per heavy atom. The van der Waals surface area contributed by atoms with Crippen molar-refractivity contribution in [3.63, 3.8) is 0 Å². The summed E-state index contributed by atoms with van der Waals surface area (Å²) in [6, 6.07) is 16.2. The molecule has 2 aromatic carbocycles. The molecule has 6 nitrogen and oxygen atoms in total. The van der Waals surface area contributed by atoms with Crippen LogP contribution in [0.3, 0.4) is 0 Å². The van der Waals surface area contributed by atoms with Crippen molar-refractivity contribution in [3.05, 3.63) is 65.4 Å². The van der Waals surface area contributed by atoms with Gasteiger partial charge in [-0.15, -0.1) is 11.8 Å². The van der Waals surface area contributed by atoms with Gasteiger partial charge in [-0.3, -0.25) is 4.79 Å². The number of anilines is 1. The van der Waals surface area contributed by atoms with E-state index in [2.05, 4.69) is 24.4 Å². The number of carbonyl (C=O) groups is 1. The summed E-state index contributed by atoms with van der Waals surface area (Å²) >= 11 is 3.18. The fourth-order valence-corrected chi connectivity index (χ4v) is 5.81. The number of aryl methyl sites for hydroxylation is 1. The Morgan fingerprint density at radius 2 is 2.00 bits per heavy atom. The van der Waals surface area contributed by atoms with Crippen molar-refractivity contribution < 1.29 is 9.53 Å². The van der Waals surface area contributed by atoms with Crippen LogP contribution in [0, 0.1) is 6.92 Å². The number of carbonyl (C=O) groups excluding carboxylic acids is 1. The maximum Gasteiger partial charge on any atom is 0.235 e. The number of fused-ring (bicyclic) bond motifs is 2. The van der Waals surface area contributed by atoms with Gasteiger partial charge in [-0.2, -0.15) is 9.78 Å². The third-order valence-electron chi connectivity index (χ3n) is 5.13. The Hall–Kier alpha value is -2.84. The molecule has 0 aliphatic carbocycles. The lowest BCUT2D eigenvalue weighted by Gasteiger charge is -2.16. The van der Waals surface area contributed by atoms with Gasteiger partial charge in [-0.25, -0.2) is 4.98 Å². The number of aromatic nitrogens is 3. The lowest BCUT2D eigenvalue weighted by Crippen LogP contribution is -2.15. The van der Waals surface area contributed by atoms with Crippen LogP contribution in [0.1, 0.15) is 35.4 Å². The minimum atomic E-state index is -0.0288. The number of hydrogen-bond acceptors (Lipinski definition) is 6. The van der Waals surface area contributed by atoms with Crippen LogP contribution in [0.5, 0.6) is 5.75 Å². The molecule has 1 aliphatic rings. The van der Waals surface area contributed by atoms with E-state index in [1.165, 1.54) is 0 Å². The molecular formula is C23H22N4O2S2. The van der Waals surface area contributed by atoms with E-state index in [1.807, 2.05) is 43.3 Å². The fraction of sp³-hybridized carbons (Fsp3) is 0.261. The van der Waals surface area contributed by atoms with Gasteiger partial charge in [0, 0.05) is 5.56 Å². The monoisotopic (exact) mass is 450 g/mol. The number of thioether (sulfide) groups is 1. The summed E-state index contributed by atoms with van der Waals surface area (Å²) in [6.07, 6.45) is 0.974. The van der Waals surface area contributed by atoms with Gasteiger partial charge in [0.05, 0.1) is 33.5 Å². The van der Waals surface area contributed by atoms with Crippen LogP contribution >= 0.6 is 23.1 Å². The molecule has 3 heterocycles. The Bertz CT molecular complexity index is 1210. The van der Waals surface area contributed by atoms with Crippen LogP contribution in [-0.4, -0.2) is 33.0 Å². The lowest BCUT2D eigenvalue weighted by atomic mass is 10.0. The van der Waals surface area contributed by atoms with Crippen molar-refractivity contribution in [2.45, 2.75) is 25.5 Å². The molecule has 31 heavy (non-hydrogen) atoms. The zero-order chi connectivity index (χ0) is 21.4. The number of nitrogens with zero attached hydrogens (tertiary/aromatic N) is 3. The van der Waals surface area contributed by atoms with Gasteiger partial charge in [0.15, 0.2) is 0 Å². The number of hydrogen-bond donors (Lipinski definition) is 1.